The SMILES string of the molecule is COc1ccc(Nc2cccc3c2C(C)CNC3)cc1. The van der Waals surface area contributed by atoms with Crippen LogP contribution >= 0.6 is 0 Å². The summed E-state index contributed by atoms with van der Waals surface area (Å²) in [6.45, 7) is 4.26. The lowest BCUT2D eigenvalue weighted by atomic mass is 9.90. The average Bonchev–Trinajstić information content (AvgIpc) is 2.48. The molecule has 1 heterocycles. The Morgan fingerprint density at radius 1 is 1.15 bits per heavy atom. The number of hydrogen-bond donors (Lipinski definition) is 2. The van der Waals surface area contributed by atoms with E-state index in [2.05, 4.69) is 35.8 Å². The second kappa shape index (κ2) is 5.55. The first-order chi connectivity index (χ1) is 9.78. The standard InChI is InChI=1S/C17H20N2O/c1-12-10-18-11-13-4-3-5-16(17(12)13)19-14-6-8-15(20-2)9-7-14/h3-9,12,18-19H,10-11H2,1-2H3. The van der Waals surface area contributed by atoms with Crippen LogP contribution in [0.5, 0.6) is 5.75 Å². The molecule has 20 heavy (non-hydrogen) atoms. The fourth-order valence-electron chi connectivity index (χ4n) is 2.81. The third-order valence-corrected chi connectivity index (χ3v) is 3.82. The van der Waals surface area contributed by atoms with Gasteiger partial charge in [-0.1, -0.05) is 19.1 Å². The fourth-order valence-corrected chi connectivity index (χ4v) is 2.81. The highest BCUT2D eigenvalue weighted by atomic mass is 16.5. The lowest BCUT2D eigenvalue weighted by Gasteiger charge is -2.26. The van der Waals surface area contributed by atoms with Crippen molar-refractivity contribution >= 4 is 11.4 Å². The van der Waals surface area contributed by atoms with Crippen LogP contribution in [0, 0.1) is 0 Å². The Labute approximate surface area is 120 Å². The van der Waals surface area contributed by atoms with Crippen LogP contribution < -0.4 is 15.4 Å². The second-order valence-corrected chi connectivity index (χ2v) is 5.26. The molecular formula is C17H20N2O. The third-order valence-electron chi connectivity index (χ3n) is 3.82. The monoisotopic (exact) mass is 268 g/mol. The Balaban J connectivity index is 1.90. The Kier molecular flexibility index (Phi) is 3.61. The van der Waals surface area contributed by atoms with E-state index in [1.807, 2.05) is 24.3 Å². The third kappa shape index (κ3) is 2.49. The van der Waals surface area contributed by atoms with Crippen LogP contribution in [0.3, 0.4) is 0 Å². The van der Waals surface area contributed by atoms with E-state index >= 15 is 0 Å². The van der Waals surface area contributed by atoms with Crippen molar-refractivity contribution in [2.75, 3.05) is 19.0 Å². The van der Waals surface area contributed by atoms with Crippen molar-refractivity contribution < 1.29 is 4.74 Å². The Bertz CT molecular complexity index is 592. The molecule has 0 radical (unpaired) electrons. The molecule has 0 fully saturated rings. The van der Waals surface area contributed by atoms with E-state index < -0.39 is 0 Å². The van der Waals surface area contributed by atoms with E-state index in [1.165, 1.54) is 16.8 Å². The minimum Gasteiger partial charge on any atom is -0.497 e. The molecule has 1 aliphatic heterocycles. The highest BCUT2D eigenvalue weighted by Crippen LogP contribution is 2.32. The number of fused-ring (bicyclic) bond motifs is 1. The van der Waals surface area contributed by atoms with Crippen molar-refractivity contribution in [3.63, 3.8) is 0 Å². The van der Waals surface area contributed by atoms with Gasteiger partial charge < -0.3 is 15.4 Å². The number of nitrogens with one attached hydrogen (secondary N) is 2. The Hall–Kier alpha value is -2.00. The van der Waals surface area contributed by atoms with Crippen LogP contribution in [0.25, 0.3) is 0 Å². The van der Waals surface area contributed by atoms with Gasteiger partial charge in [0.05, 0.1) is 7.11 Å². The summed E-state index contributed by atoms with van der Waals surface area (Å²) < 4.78 is 5.19. The molecule has 2 aromatic rings. The first kappa shape index (κ1) is 13.0. The summed E-state index contributed by atoms with van der Waals surface area (Å²) in [4.78, 5) is 0. The fraction of sp³-hybridized carbons (Fsp3) is 0.294. The zero-order valence-electron chi connectivity index (χ0n) is 11.9. The summed E-state index contributed by atoms with van der Waals surface area (Å²) in [5.74, 6) is 1.41. The Morgan fingerprint density at radius 3 is 2.70 bits per heavy atom. The first-order valence-corrected chi connectivity index (χ1v) is 7.01. The number of benzene rings is 2. The first-order valence-electron chi connectivity index (χ1n) is 7.01. The molecule has 0 bridgehead atoms. The molecule has 0 aromatic heterocycles. The summed E-state index contributed by atoms with van der Waals surface area (Å²) in [5.41, 5.74) is 5.12. The van der Waals surface area contributed by atoms with Crippen molar-refractivity contribution in [2.45, 2.75) is 19.4 Å². The molecule has 2 aromatic carbocycles. The van der Waals surface area contributed by atoms with Gasteiger partial charge in [-0.05, 0) is 47.4 Å². The molecule has 0 aliphatic carbocycles. The largest absolute Gasteiger partial charge is 0.497 e. The van der Waals surface area contributed by atoms with Crippen LogP contribution in [0.1, 0.15) is 24.0 Å². The summed E-state index contributed by atoms with van der Waals surface area (Å²) >= 11 is 0. The minimum absolute atomic E-state index is 0.528. The van der Waals surface area contributed by atoms with Crippen LogP contribution in [0.15, 0.2) is 42.5 Å². The zero-order chi connectivity index (χ0) is 13.9. The van der Waals surface area contributed by atoms with E-state index in [9.17, 15) is 0 Å². The van der Waals surface area contributed by atoms with Crippen molar-refractivity contribution in [3.05, 3.63) is 53.6 Å². The molecule has 0 amide bonds. The molecule has 0 saturated heterocycles. The lowest BCUT2D eigenvalue weighted by molar-refractivity contribution is 0.415. The lowest BCUT2D eigenvalue weighted by Crippen LogP contribution is -2.27. The van der Waals surface area contributed by atoms with E-state index in [1.54, 1.807) is 7.11 Å². The van der Waals surface area contributed by atoms with Gasteiger partial charge in [0.1, 0.15) is 5.75 Å². The van der Waals surface area contributed by atoms with E-state index in [-0.39, 0.29) is 0 Å². The van der Waals surface area contributed by atoms with Gasteiger partial charge >= 0.3 is 0 Å². The number of hydrogen-bond acceptors (Lipinski definition) is 3. The van der Waals surface area contributed by atoms with Gasteiger partial charge in [-0.25, -0.2) is 0 Å². The molecule has 0 saturated carbocycles. The number of rotatable bonds is 3. The van der Waals surface area contributed by atoms with Gasteiger partial charge in [-0.2, -0.15) is 0 Å². The van der Waals surface area contributed by atoms with Gasteiger partial charge in [0, 0.05) is 24.5 Å². The molecule has 1 atom stereocenters. The maximum atomic E-state index is 5.19. The molecule has 2 N–H and O–H groups in total. The van der Waals surface area contributed by atoms with E-state index in [4.69, 9.17) is 4.74 Å². The van der Waals surface area contributed by atoms with Crippen LogP contribution in [0.2, 0.25) is 0 Å². The summed E-state index contributed by atoms with van der Waals surface area (Å²) in [6, 6.07) is 14.5. The zero-order valence-corrected chi connectivity index (χ0v) is 11.9. The molecule has 3 rings (SSSR count). The smallest absolute Gasteiger partial charge is 0.119 e. The maximum Gasteiger partial charge on any atom is 0.119 e. The van der Waals surface area contributed by atoms with Crippen molar-refractivity contribution in [1.82, 2.24) is 5.32 Å². The van der Waals surface area contributed by atoms with Crippen LogP contribution in [0.4, 0.5) is 11.4 Å². The Morgan fingerprint density at radius 2 is 1.95 bits per heavy atom. The highest BCUT2D eigenvalue weighted by Gasteiger charge is 2.19. The average molecular weight is 268 g/mol. The quantitative estimate of drug-likeness (QED) is 0.891. The predicted octanol–water partition coefficient (Wildman–Crippen LogP) is 3.65. The van der Waals surface area contributed by atoms with Gasteiger partial charge in [0.25, 0.3) is 0 Å². The minimum atomic E-state index is 0.528. The van der Waals surface area contributed by atoms with Crippen molar-refractivity contribution in [2.24, 2.45) is 0 Å². The number of ether oxygens (including phenoxy) is 1. The molecule has 3 heteroatoms. The molecular weight excluding hydrogens is 248 g/mol. The molecule has 0 spiro atoms. The summed E-state index contributed by atoms with van der Waals surface area (Å²) in [5, 5.41) is 6.98. The van der Waals surface area contributed by atoms with Crippen molar-refractivity contribution in [1.29, 1.82) is 0 Å². The normalized spacial score (nSPS) is 17.4. The summed E-state index contributed by atoms with van der Waals surface area (Å²) in [6.07, 6.45) is 0. The predicted molar refractivity (Wildman–Crippen MR) is 82.8 cm³/mol. The van der Waals surface area contributed by atoms with Crippen molar-refractivity contribution in [3.8, 4) is 5.75 Å². The second-order valence-electron chi connectivity index (χ2n) is 5.26. The number of methoxy groups -OCH3 is 1. The van der Waals surface area contributed by atoms with Crippen LogP contribution in [-0.4, -0.2) is 13.7 Å². The van der Waals surface area contributed by atoms with Gasteiger partial charge in [-0.3, -0.25) is 0 Å². The molecule has 1 unspecified atom stereocenters. The maximum absolute atomic E-state index is 5.19. The molecule has 1 aliphatic rings. The van der Waals surface area contributed by atoms with E-state index in [0.29, 0.717) is 5.92 Å². The molecule has 104 valence electrons. The number of anilines is 2. The van der Waals surface area contributed by atoms with Gasteiger partial charge in [0.15, 0.2) is 0 Å². The highest BCUT2D eigenvalue weighted by molar-refractivity contribution is 5.66. The van der Waals surface area contributed by atoms with Gasteiger partial charge in [0.2, 0.25) is 0 Å². The van der Waals surface area contributed by atoms with Crippen LogP contribution in [-0.2, 0) is 6.54 Å². The molecule has 3 nitrogen and oxygen atoms in total. The topological polar surface area (TPSA) is 33.3 Å². The van der Waals surface area contributed by atoms with Gasteiger partial charge in [-0.15, -0.1) is 0 Å². The van der Waals surface area contributed by atoms with E-state index in [0.717, 1.165) is 24.5 Å². The summed E-state index contributed by atoms with van der Waals surface area (Å²) in [7, 11) is 1.69.